The van der Waals surface area contributed by atoms with Crippen molar-refractivity contribution in [1.29, 1.82) is 0 Å². The van der Waals surface area contributed by atoms with Crippen LogP contribution in [0.15, 0.2) is 40.6 Å². The summed E-state index contributed by atoms with van der Waals surface area (Å²) in [7, 11) is -4.10. The first-order valence-corrected chi connectivity index (χ1v) is 13.9. The van der Waals surface area contributed by atoms with Crippen LogP contribution < -0.4 is 5.48 Å². The lowest BCUT2D eigenvalue weighted by Gasteiger charge is -2.38. The van der Waals surface area contributed by atoms with Gasteiger partial charge >= 0.3 is 6.09 Å². The highest BCUT2D eigenvalue weighted by Gasteiger charge is 2.42. The fourth-order valence-electron chi connectivity index (χ4n) is 3.99. The number of sulfonamides is 1. The fraction of sp³-hybridized carbons (Fsp3) is 0.478. The normalized spacial score (nSPS) is 21.2. The summed E-state index contributed by atoms with van der Waals surface area (Å²) in [6, 6.07) is 7.58. The first-order chi connectivity index (χ1) is 17.3. The molecule has 2 aliphatic rings. The highest BCUT2D eigenvalue weighted by Crippen LogP contribution is 2.33. The molecule has 1 N–H and O–H groups in total. The summed E-state index contributed by atoms with van der Waals surface area (Å²) < 4.78 is 52.1. The number of carbonyl (C=O) groups is 2. The number of hydrogen-bond acceptors (Lipinski definition) is 8. The fourth-order valence-corrected chi connectivity index (χ4v) is 7.00. The minimum absolute atomic E-state index is 0.0285. The summed E-state index contributed by atoms with van der Waals surface area (Å²) >= 11 is 1.02. The van der Waals surface area contributed by atoms with Crippen molar-refractivity contribution >= 4 is 33.4 Å². The Morgan fingerprint density at radius 2 is 1.94 bits per heavy atom. The predicted molar refractivity (Wildman–Crippen MR) is 129 cm³/mol. The quantitative estimate of drug-likeness (QED) is 0.536. The Balaban J connectivity index is 1.55. The number of nitrogens with one attached hydrogen (secondary N) is 1. The van der Waals surface area contributed by atoms with E-state index in [2.05, 4.69) is 5.48 Å². The van der Waals surface area contributed by atoms with Gasteiger partial charge in [-0.1, -0.05) is 12.1 Å². The van der Waals surface area contributed by atoms with Crippen LogP contribution in [0.3, 0.4) is 0 Å². The lowest BCUT2D eigenvalue weighted by atomic mass is 10.2. The van der Waals surface area contributed by atoms with Gasteiger partial charge in [-0.2, -0.15) is 4.31 Å². The van der Waals surface area contributed by atoms with Crippen LogP contribution in [-0.4, -0.2) is 74.8 Å². The molecule has 13 heteroatoms. The average molecular weight is 542 g/mol. The van der Waals surface area contributed by atoms with Gasteiger partial charge in [0.2, 0.25) is 0 Å². The second-order valence-electron chi connectivity index (χ2n) is 8.28. The second kappa shape index (κ2) is 11.6. The van der Waals surface area contributed by atoms with Crippen molar-refractivity contribution in [2.24, 2.45) is 0 Å². The van der Waals surface area contributed by atoms with Gasteiger partial charge in [-0.05, 0) is 49.6 Å². The summed E-state index contributed by atoms with van der Waals surface area (Å²) in [5, 5.41) is 0. The average Bonchev–Trinajstić information content (AvgIpc) is 3.39. The molecule has 0 bridgehead atoms. The molecule has 2 atom stereocenters. The summed E-state index contributed by atoms with van der Waals surface area (Å²) in [4.78, 5) is 32.7. The maximum absolute atomic E-state index is 13.6. The highest BCUT2D eigenvalue weighted by atomic mass is 32.2. The van der Waals surface area contributed by atoms with Crippen molar-refractivity contribution in [3.05, 3.63) is 42.2 Å². The molecule has 2 saturated heterocycles. The lowest BCUT2D eigenvalue weighted by Crippen LogP contribution is -2.61. The van der Waals surface area contributed by atoms with E-state index >= 15 is 0 Å². The first kappa shape index (κ1) is 26.5. The number of rotatable bonds is 7. The van der Waals surface area contributed by atoms with Crippen molar-refractivity contribution in [1.82, 2.24) is 14.7 Å². The number of thiophene rings is 1. The van der Waals surface area contributed by atoms with Gasteiger partial charge in [-0.3, -0.25) is 4.79 Å². The third kappa shape index (κ3) is 6.03. The summed E-state index contributed by atoms with van der Waals surface area (Å²) in [6.07, 6.45) is 1.14. The zero-order valence-corrected chi connectivity index (χ0v) is 21.4. The standard InChI is InChI=1S/C23H28FN3O7S2/c1-2-32-23(29)26-12-13-27(18(15-26)22(28)25-34-20-5-3-4-14-33-20)36(30,31)21-11-10-19(35-21)16-6-8-17(24)9-7-16/h6-11,18,20H,2-5,12-15H2,1H3,(H,25,28)/t18-,20?/m1/s1. The maximum Gasteiger partial charge on any atom is 0.409 e. The smallest absolute Gasteiger partial charge is 0.409 e. The third-order valence-electron chi connectivity index (χ3n) is 5.86. The van der Waals surface area contributed by atoms with Crippen LogP contribution in [-0.2, 0) is 29.1 Å². The topological polar surface area (TPSA) is 114 Å². The van der Waals surface area contributed by atoms with Crippen molar-refractivity contribution in [2.45, 2.75) is 42.7 Å². The monoisotopic (exact) mass is 541 g/mol. The molecule has 2 aromatic rings. The van der Waals surface area contributed by atoms with Crippen LogP contribution in [0.5, 0.6) is 0 Å². The van der Waals surface area contributed by atoms with Crippen LogP contribution in [0.1, 0.15) is 26.2 Å². The van der Waals surface area contributed by atoms with Crippen LogP contribution in [0.4, 0.5) is 9.18 Å². The van der Waals surface area contributed by atoms with E-state index in [1.54, 1.807) is 25.1 Å². The molecule has 1 unspecified atom stereocenters. The number of nitrogens with zero attached hydrogens (tertiary/aromatic N) is 2. The van der Waals surface area contributed by atoms with E-state index < -0.39 is 40.2 Å². The molecule has 0 radical (unpaired) electrons. The number of piperazine rings is 1. The van der Waals surface area contributed by atoms with Gasteiger partial charge < -0.3 is 14.4 Å². The number of amides is 2. The number of ether oxygens (including phenoxy) is 2. The molecule has 2 aliphatic heterocycles. The lowest BCUT2D eigenvalue weighted by molar-refractivity contribution is -0.202. The number of halogens is 1. The van der Waals surface area contributed by atoms with E-state index in [0.717, 1.165) is 28.5 Å². The molecule has 196 valence electrons. The SMILES string of the molecule is CCOC(=O)N1CCN(S(=O)(=O)c2ccc(-c3ccc(F)cc3)s2)[C@@H](C(=O)NOC2CCCCO2)C1. The third-order valence-corrected chi connectivity index (χ3v) is 9.37. The molecule has 2 amide bonds. The highest BCUT2D eigenvalue weighted by molar-refractivity contribution is 7.91. The molecular weight excluding hydrogens is 513 g/mol. The molecule has 36 heavy (non-hydrogen) atoms. The predicted octanol–water partition coefficient (Wildman–Crippen LogP) is 2.96. The Kier molecular flexibility index (Phi) is 8.57. The van der Waals surface area contributed by atoms with Crippen molar-refractivity contribution < 1.29 is 36.7 Å². The van der Waals surface area contributed by atoms with Crippen LogP contribution >= 0.6 is 11.3 Å². The number of carbonyl (C=O) groups excluding carboxylic acids is 2. The molecule has 0 aliphatic carbocycles. The Hall–Kier alpha value is -2.58. The van der Waals surface area contributed by atoms with E-state index in [4.69, 9.17) is 14.3 Å². The Morgan fingerprint density at radius 1 is 1.17 bits per heavy atom. The zero-order valence-electron chi connectivity index (χ0n) is 19.7. The maximum atomic E-state index is 13.6. The molecule has 4 rings (SSSR count). The molecular formula is C23H28FN3O7S2. The molecule has 0 saturated carbocycles. The first-order valence-electron chi connectivity index (χ1n) is 11.7. The van der Waals surface area contributed by atoms with Gasteiger partial charge in [0.25, 0.3) is 15.9 Å². The van der Waals surface area contributed by atoms with E-state index in [1.807, 2.05) is 0 Å². The van der Waals surface area contributed by atoms with Gasteiger partial charge in [0, 0.05) is 37.5 Å². The summed E-state index contributed by atoms with van der Waals surface area (Å²) in [5.41, 5.74) is 2.99. The van der Waals surface area contributed by atoms with Gasteiger partial charge in [-0.25, -0.2) is 27.9 Å². The molecule has 3 heterocycles. The molecule has 1 aromatic carbocycles. The minimum Gasteiger partial charge on any atom is -0.450 e. The Labute approximate surface area is 212 Å². The number of hydrogen-bond donors (Lipinski definition) is 1. The minimum atomic E-state index is -4.10. The summed E-state index contributed by atoms with van der Waals surface area (Å²) in [5.74, 6) is -1.10. The number of benzene rings is 1. The van der Waals surface area contributed by atoms with Crippen LogP contribution in [0.25, 0.3) is 10.4 Å². The second-order valence-corrected chi connectivity index (χ2v) is 11.5. The number of hydroxylamine groups is 1. The molecule has 1 aromatic heterocycles. The summed E-state index contributed by atoms with van der Waals surface area (Å²) in [6.45, 7) is 2.08. The van der Waals surface area contributed by atoms with Crippen LogP contribution in [0.2, 0.25) is 0 Å². The van der Waals surface area contributed by atoms with Crippen LogP contribution in [0, 0.1) is 5.82 Å². The van der Waals surface area contributed by atoms with Gasteiger partial charge in [0.05, 0.1) is 6.61 Å². The molecule has 10 nitrogen and oxygen atoms in total. The van der Waals surface area contributed by atoms with Crippen molar-refractivity contribution in [3.8, 4) is 10.4 Å². The van der Waals surface area contributed by atoms with Gasteiger partial charge in [-0.15, -0.1) is 11.3 Å². The van der Waals surface area contributed by atoms with Gasteiger partial charge in [0.1, 0.15) is 16.1 Å². The van der Waals surface area contributed by atoms with E-state index in [0.29, 0.717) is 23.5 Å². The van der Waals surface area contributed by atoms with Crippen molar-refractivity contribution in [2.75, 3.05) is 32.8 Å². The van der Waals surface area contributed by atoms with Crippen molar-refractivity contribution in [3.63, 3.8) is 0 Å². The zero-order chi connectivity index (χ0) is 25.7. The van der Waals surface area contributed by atoms with E-state index in [-0.39, 0.29) is 30.5 Å². The molecule has 0 spiro atoms. The Morgan fingerprint density at radius 3 is 2.64 bits per heavy atom. The van der Waals surface area contributed by atoms with E-state index in [1.165, 1.54) is 23.1 Å². The molecule has 2 fully saturated rings. The largest absolute Gasteiger partial charge is 0.450 e. The van der Waals surface area contributed by atoms with Gasteiger partial charge in [0.15, 0.2) is 6.29 Å². The van der Waals surface area contributed by atoms with E-state index in [9.17, 15) is 22.4 Å². The Bertz CT molecular complexity index is 1170.